The normalized spacial score (nSPS) is 14.5. The first-order valence-electron chi connectivity index (χ1n) is 7.08. The van der Waals surface area contributed by atoms with Gasteiger partial charge in [-0.3, -0.25) is 0 Å². The number of hydrogen-bond donors (Lipinski definition) is 2. The second-order valence-electron chi connectivity index (χ2n) is 5.67. The van der Waals surface area contributed by atoms with Crippen LogP contribution in [-0.2, 0) is 15.6 Å². The zero-order valence-electron chi connectivity index (χ0n) is 13.6. The van der Waals surface area contributed by atoms with Gasteiger partial charge in [-0.15, -0.1) is 11.3 Å². The first-order valence-corrected chi connectivity index (χ1v) is 9.45. The summed E-state index contributed by atoms with van der Waals surface area (Å²) in [6.07, 6.45) is 0. The third kappa shape index (κ3) is 3.92. The van der Waals surface area contributed by atoms with E-state index in [-0.39, 0.29) is 11.4 Å². The van der Waals surface area contributed by atoms with Crippen LogP contribution in [0.15, 0.2) is 34.5 Å². The lowest BCUT2D eigenvalue weighted by Crippen LogP contribution is -2.38. The van der Waals surface area contributed by atoms with E-state index >= 15 is 0 Å². The van der Waals surface area contributed by atoms with Gasteiger partial charge in [0, 0.05) is 11.4 Å². The summed E-state index contributed by atoms with van der Waals surface area (Å²) in [5, 5.41) is 12.3. The Morgan fingerprint density at radius 1 is 1.30 bits per heavy atom. The fraction of sp³-hybridized carbons (Fsp3) is 0.375. The van der Waals surface area contributed by atoms with E-state index in [0.29, 0.717) is 10.6 Å². The van der Waals surface area contributed by atoms with E-state index in [4.69, 9.17) is 4.74 Å². The van der Waals surface area contributed by atoms with Crippen molar-refractivity contribution in [1.82, 2.24) is 4.72 Å². The van der Waals surface area contributed by atoms with Crippen LogP contribution in [0, 0.1) is 13.8 Å². The van der Waals surface area contributed by atoms with Crippen molar-refractivity contribution in [2.45, 2.75) is 31.3 Å². The lowest BCUT2D eigenvalue weighted by atomic mass is 10.1. The van der Waals surface area contributed by atoms with Crippen LogP contribution in [0.4, 0.5) is 0 Å². The number of benzene rings is 1. The van der Waals surface area contributed by atoms with E-state index in [1.165, 1.54) is 11.3 Å². The number of sulfonamides is 1. The van der Waals surface area contributed by atoms with Gasteiger partial charge in [-0.2, -0.15) is 0 Å². The molecule has 0 unspecified atom stereocenters. The van der Waals surface area contributed by atoms with Gasteiger partial charge < -0.3 is 9.84 Å². The first kappa shape index (κ1) is 17.9. The highest BCUT2D eigenvalue weighted by Crippen LogP contribution is 2.28. The fourth-order valence-electron chi connectivity index (χ4n) is 2.38. The molecule has 1 aromatic carbocycles. The van der Waals surface area contributed by atoms with Gasteiger partial charge in [-0.05, 0) is 55.5 Å². The minimum atomic E-state index is -3.72. The smallest absolute Gasteiger partial charge is 0.240 e. The molecule has 1 heterocycles. The molecule has 0 aliphatic heterocycles. The average Bonchev–Trinajstić information content (AvgIpc) is 3.00. The fourth-order valence-corrected chi connectivity index (χ4v) is 4.47. The molecule has 0 bridgehead atoms. The summed E-state index contributed by atoms with van der Waals surface area (Å²) in [7, 11) is -2.16. The van der Waals surface area contributed by atoms with Gasteiger partial charge in [-0.25, -0.2) is 13.1 Å². The van der Waals surface area contributed by atoms with Gasteiger partial charge in [-0.1, -0.05) is 6.07 Å². The maximum atomic E-state index is 12.5. The van der Waals surface area contributed by atoms with Crippen LogP contribution in [0.5, 0.6) is 5.75 Å². The molecule has 1 aromatic heterocycles. The number of aryl methyl sites for hydroxylation is 2. The molecule has 0 radical (unpaired) electrons. The Hall–Kier alpha value is -1.41. The van der Waals surface area contributed by atoms with Crippen molar-refractivity contribution in [2.75, 3.05) is 13.7 Å². The SMILES string of the molecule is COc1c(C)cc(S(=O)(=O)NC[C@@](C)(O)c2cccs2)cc1C. The van der Waals surface area contributed by atoms with Gasteiger partial charge in [0.1, 0.15) is 11.4 Å². The van der Waals surface area contributed by atoms with Crippen molar-refractivity contribution in [2.24, 2.45) is 0 Å². The van der Waals surface area contributed by atoms with Crippen molar-refractivity contribution >= 4 is 21.4 Å². The number of methoxy groups -OCH3 is 1. The molecule has 2 aromatic rings. The summed E-state index contributed by atoms with van der Waals surface area (Å²) in [6, 6.07) is 6.72. The Morgan fingerprint density at radius 2 is 1.91 bits per heavy atom. The molecular formula is C16H21NO4S2. The van der Waals surface area contributed by atoms with Crippen molar-refractivity contribution < 1.29 is 18.3 Å². The second-order valence-corrected chi connectivity index (χ2v) is 8.38. The topological polar surface area (TPSA) is 75.6 Å². The Morgan fingerprint density at radius 3 is 2.39 bits per heavy atom. The zero-order chi connectivity index (χ0) is 17.3. The van der Waals surface area contributed by atoms with Crippen molar-refractivity contribution in [3.63, 3.8) is 0 Å². The molecule has 5 nitrogen and oxygen atoms in total. The highest BCUT2D eigenvalue weighted by atomic mass is 32.2. The minimum absolute atomic E-state index is 0.0973. The third-order valence-corrected chi connectivity index (χ3v) is 6.11. The number of aliphatic hydroxyl groups is 1. The molecule has 0 saturated heterocycles. The third-order valence-electron chi connectivity index (χ3n) is 3.61. The summed E-state index contributed by atoms with van der Waals surface area (Å²) < 4.78 is 32.7. The molecule has 7 heteroatoms. The predicted molar refractivity (Wildman–Crippen MR) is 91.5 cm³/mol. The summed E-state index contributed by atoms with van der Waals surface area (Å²) in [6.45, 7) is 5.09. The van der Waals surface area contributed by atoms with E-state index in [1.807, 2.05) is 11.4 Å². The number of rotatable bonds is 6. The molecular weight excluding hydrogens is 334 g/mol. The van der Waals surface area contributed by atoms with Crippen LogP contribution >= 0.6 is 11.3 Å². The number of hydrogen-bond acceptors (Lipinski definition) is 5. The van der Waals surface area contributed by atoms with Gasteiger partial charge in [0.2, 0.25) is 10.0 Å². The number of nitrogens with one attached hydrogen (secondary N) is 1. The highest BCUT2D eigenvalue weighted by molar-refractivity contribution is 7.89. The predicted octanol–water partition coefficient (Wildman–Crippen LogP) is 2.56. The number of ether oxygens (including phenoxy) is 1. The van der Waals surface area contributed by atoms with Crippen LogP contribution in [0.3, 0.4) is 0 Å². The highest BCUT2D eigenvalue weighted by Gasteiger charge is 2.27. The summed E-state index contributed by atoms with van der Waals surface area (Å²) in [5.74, 6) is 0.675. The lowest BCUT2D eigenvalue weighted by Gasteiger charge is -2.22. The molecule has 126 valence electrons. The molecule has 0 spiro atoms. The largest absolute Gasteiger partial charge is 0.496 e. The van der Waals surface area contributed by atoms with Gasteiger partial charge in [0.05, 0.1) is 12.0 Å². The second kappa shape index (κ2) is 6.60. The van der Waals surface area contributed by atoms with Crippen LogP contribution < -0.4 is 9.46 Å². The molecule has 0 aliphatic rings. The van der Waals surface area contributed by atoms with Crippen molar-refractivity contribution in [3.8, 4) is 5.75 Å². The Bertz CT molecular complexity index is 757. The van der Waals surface area contributed by atoms with Gasteiger partial charge in [0.15, 0.2) is 0 Å². The van der Waals surface area contributed by atoms with Crippen molar-refractivity contribution in [1.29, 1.82) is 0 Å². The molecule has 0 amide bonds. The molecule has 2 rings (SSSR count). The zero-order valence-corrected chi connectivity index (χ0v) is 15.2. The van der Waals surface area contributed by atoms with Crippen LogP contribution in [-0.4, -0.2) is 27.2 Å². The molecule has 0 saturated carbocycles. The summed E-state index contributed by atoms with van der Waals surface area (Å²) in [4.78, 5) is 0.873. The van der Waals surface area contributed by atoms with E-state index in [0.717, 1.165) is 11.1 Å². The standard InChI is InChI=1S/C16H21NO4S2/c1-11-8-13(9-12(2)15(11)21-4)23(19,20)17-10-16(3,18)14-6-5-7-22-14/h5-9,17-18H,10H2,1-4H3/t16-/m1/s1. The average molecular weight is 355 g/mol. The Kier molecular flexibility index (Phi) is 5.15. The van der Waals surface area contributed by atoms with Crippen LogP contribution in [0.2, 0.25) is 0 Å². The number of thiophene rings is 1. The van der Waals surface area contributed by atoms with Crippen LogP contribution in [0.25, 0.3) is 0 Å². The Balaban J connectivity index is 2.23. The first-order chi connectivity index (χ1) is 10.7. The van der Waals surface area contributed by atoms with Gasteiger partial charge >= 0.3 is 0 Å². The van der Waals surface area contributed by atoms with E-state index < -0.39 is 15.6 Å². The van der Waals surface area contributed by atoms with E-state index in [2.05, 4.69) is 4.72 Å². The van der Waals surface area contributed by atoms with E-state index in [9.17, 15) is 13.5 Å². The lowest BCUT2D eigenvalue weighted by molar-refractivity contribution is 0.0666. The Labute approximate surface area is 141 Å². The van der Waals surface area contributed by atoms with Crippen LogP contribution in [0.1, 0.15) is 22.9 Å². The van der Waals surface area contributed by atoms with E-state index in [1.54, 1.807) is 46.1 Å². The minimum Gasteiger partial charge on any atom is -0.496 e. The maximum absolute atomic E-state index is 12.5. The van der Waals surface area contributed by atoms with Crippen molar-refractivity contribution in [3.05, 3.63) is 45.6 Å². The summed E-state index contributed by atoms with van der Waals surface area (Å²) in [5.41, 5.74) is 0.244. The molecule has 2 N–H and O–H groups in total. The summed E-state index contributed by atoms with van der Waals surface area (Å²) >= 11 is 1.38. The van der Waals surface area contributed by atoms with Gasteiger partial charge in [0.25, 0.3) is 0 Å². The maximum Gasteiger partial charge on any atom is 0.240 e. The molecule has 0 aliphatic carbocycles. The molecule has 1 atom stereocenters. The molecule has 0 fully saturated rings. The molecule has 23 heavy (non-hydrogen) atoms. The monoisotopic (exact) mass is 355 g/mol. The quantitative estimate of drug-likeness (QED) is 0.835.